The van der Waals surface area contributed by atoms with Crippen molar-refractivity contribution < 1.29 is 27.2 Å². The topological polar surface area (TPSA) is 55.3 Å². The number of aliphatic hydroxyl groups is 1. The zero-order valence-corrected chi connectivity index (χ0v) is 14.9. The van der Waals surface area contributed by atoms with E-state index < -0.39 is 39.9 Å². The van der Waals surface area contributed by atoms with Gasteiger partial charge >= 0.3 is 6.18 Å². The van der Waals surface area contributed by atoms with E-state index in [9.17, 15) is 22.1 Å². The second kappa shape index (κ2) is 7.42. The molecular formula is C14H16BrF4NO2S. The Labute approximate surface area is 143 Å². The van der Waals surface area contributed by atoms with Gasteiger partial charge in [0.05, 0.1) is 11.4 Å². The predicted octanol–water partition coefficient (Wildman–Crippen LogP) is 4.06. The smallest absolute Gasteiger partial charge is 0.421 e. The molecule has 0 saturated heterocycles. The summed E-state index contributed by atoms with van der Waals surface area (Å²) in [5, 5.41) is 9.16. The average molecular weight is 418 g/mol. The first-order chi connectivity index (χ1) is 10.3. The number of alkyl halides is 3. The third-order valence-electron chi connectivity index (χ3n) is 2.65. The van der Waals surface area contributed by atoms with Crippen molar-refractivity contribution in [3.05, 3.63) is 40.1 Å². The minimum absolute atomic E-state index is 0.0257. The van der Waals surface area contributed by atoms with Gasteiger partial charge in [-0.3, -0.25) is 0 Å². The summed E-state index contributed by atoms with van der Waals surface area (Å²) in [5.41, 5.74) is -0.637. The van der Waals surface area contributed by atoms with Crippen molar-refractivity contribution in [2.24, 2.45) is 0 Å². The van der Waals surface area contributed by atoms with E-state index in [1.54, 1.807) is 26.8 Å². The van der Waals surface area contributed by atoms with Crippen LogP contribution in [-0.4, -0.2) is 26.7 Å². The van der Waals surface area contributed by atoms with E-state index in [1.807, 2.05) is 0 Å². The molecule has 0 radical (unpaired) electrons. The summed E-state index contributed by atoms with van der Waals surface area (Å²) in [7, 11) is 0. The zero-order valence-electron chi connectivity index (χ0n) is 12.5. The van der Waals surface area contributed by atoms with Crippen molar-refractivity contribution in [1.82, 2.24) is 4.72 Å². The van der Waals surface area contributed by atoms with Gasteiger partial charge in [0.15, 0.2) is 5.83 Å². The Morgan fingerprint density at radius 1 is 1.30 bits per heavy atom. The maximum absolute atomic E-state index is 14.2. The van der Waals surface area contributed by atoms with E-state index >= 15 is 0 Å². The van der Waals surface area contributed by atoms with Gasteiger partial charge in [-0.2, -0.15) is 13.2 Å². The summed E-state index contributed by atoms with van der Waals surface area (Å²) in [4.78, 5) is 0. The molecule has 0 spiro atoms. The van der Waals surface area contributed by atoms with Gasteiger partial charge < -0.3 is 9.66 Å². The molecule has 0 aliphatic rings. The maximum atomic E-state index is 14.2. The Kier molecular flexibility index (Phi) is 6.54. The summed E-state index contributed by atoms with van der Waals surface area (Å²) in [6.07, 6.45) is -8.48. The first-order valence-electron chi connectivity index (χ1n) is 6.43. The van der Waals surface area contributed by atoms with Gasteiger partial charge in [0, 0.05) is 10.0 Å². The van der Waals surface area contributed by atoms with Gasteiger partial charge in [-0.25, -0.2) is 9.11 Å². The van der Waals surface area contributed by atoms with Crippen molar-refractivity contribution in [1.29, 1.82) is 0 Å². The van der Waals surface area contributed by atoms with Crippen LogP contribution in [0.4, 0.5) is 17.6 Å². The van der Waals surface area contributed by atoms with Crippen LogP contribution in [0.5, 0.6) is 0 Å². The van der Waals surface area contributed by atoms with Crippen LogP contribution in [0.3, 0.4) is 0 Å². The molecule has 2 atom stereocenters. The Bertz CT molecular complexity index is 587. The highest BCUT2D eigenvalue weighted by molar-refractivity contribution is 9.10. The normalized spacial score (nSPS) is 16.6. The predicted molar refractivity (Wildman–Crippen MR) is 85.3 cm³/mol. The van der Waals surface area contributed by atoms with Crippen LogP contribution in [0, 0.1) is 0 Å². The van der Waals surface area contributed by atoms with Gasteiger partial charge in [-0.15, -0.1) is 0 Å². The number of halogens is 5. The van der Waals surface area contributed by atoms with E-state index in [2.05, 4.69) is 20.7 Å². The van der Waals surface area contributed by atoms with Crippen molar-refractivity contribution >= 4 is 33.0 Å². The molecule has 1 aromatic carbocycles. The highest BCUT2D eigenvalue weighted by Gasteiger charge is 2.44. The Balaban J connectivity index is 3.37. The number of aliphatic hydroxyl groups excluding tert-OH is 1. The molecule has 0 aromatic heterocycles. The molecule has 1 rings (SSSR count). The molecule has 0 fully saturated rings. The van der Waals surface area contributed by atoms with Crippen LogP contribution in [0.25, 0.3) is 5.70 Å². The molecule has 0 bridgehead atoms. The van der Waals surface area contributed by atoms with Crippen LogP contribution in [0.2, 0.25) is 0 Å². The summed E-state index contributed by atoms with van der Waals surface area (Å²) in [5.74, 6) is -1.84. The van der Waals surface area contributed by atoms with E-state index in [0.717, 1.165) is 0 Å². The van der Waals surface area contributed by atoms with Crippen LogP contribution in [0.15, 0.2) is 34.6 Å². The van der Waals surface area contributed by atoms with E-state index in [4.69, 9.17) is 5.11 Å². The second-order valence-electron chi connectivity index (χ2n) is 5.66. The second-order valence-corrected chi connectivity index (χ2v) is 8.54. The first-order valence-corrected chi connectivity index (χ1v) is 8.37. The number of nitrogens with one attached hydrogen (secondary N) is 1. The SMILES string of the molecule is CC(C)(C)[S@@+]([O-])N/C(=C(/F)[C@H](O)C(F)(F)F)c1cccc(Br)c1. The van der Waals surface area contributed by atoms with E-state index in [0.29, 0.717) is 4.47 Å². The standard InChI is InChI=1S/C14H16BrF4NO2S/c1-13(2,3)23(22)20-11(8-5-4-6-9(15)7-8)10(16)12(21)14(17,18)19/h4-7,12,20-21H,1-3H3/b11-10+/t12-,23+/m0/s1. The van der Waals surface area contributed by atoms with Crippen LogP contribution in [0.1, 0.15) is 26.3 Å². The molecule has 130 valence electrons. The molecule has 1 aromatic rings. The van der Waals surface area contributed by atoms with Crippen LogP contribution >= 0.6 is 15.9 Å². The zero-order chi connectivity index (χ0) is 18.0. The lowest BCUT2D eigenvalue weighted by Crippen LogP contribution is -2.40. The first kappa shape index (κ1) is 20.3. The monoisotopic (exact) mass is 417 g/mol. The fourth-order valence-electron chi connectivity index (χ4n) is 1.42. The fourth-order valence-corrected chi connectivity index (χ4v) is 2.52. The van der Waals surface area contributed by atoms with Crippen molar-refractivity contribution in [3.8, 4) is 0 Å². The summed E-state index contributed by atoms with van der Waals surface area (Å²) < 4.78 is 66.0. The third kappa shape index (κ3) is 5.66. The minimum Gasteiger partial charge on any atom is -0.593 e. The highest BCUT2D eigenvalue weighted by atomic mass is 79.9. The molecule has 0 saturated carbocycles. The molecule has 23 heavy (non-hydrogen) atoms. The molecule has 0 unspecified atom stereocenters. The number of rotatable bonds is 4. The number of hydrogen-bond donors (Lipinski definition) is 2. The van der Waals surface area contributed by atoms with Crippen LogP contribution < -0.4 is 4.72 Å². The molecule has 2 N–H and O–H groups in total. The maximum Gasteiger partial charge on any atom is 0.421 e. The van der Waals surface area contributed by atoms with Gasteiger partial charge in [0.2, 0.25) is 6.10 Å². The fraction of sp³-hybridized carbons (Fsp3) is 0.429. The lowest BCUT2D eigenvalue weighted by atomic mass is 10.1. The highest BCUT2D eigenvalue weighted by Crippen LogP contribution is 2.32. The molecular weight excluding hydrogens is 402 g/mol. The quantitative estimate of drug-likeness (QED) is 0.573. The molecule has 0 aliphatic heterocycles. The van der Waals surface area contributed by atoms with Crippen molar-refractivity contribution in [2.75, 3.05) is 0 Å². The van der Waals surface area contributed by atoms with E-state index in [-0.39, 0.29) is 5.56 Å². The van der Waals surface area contributed by atoms with Gasteiger partial charge in [-0.1, -0.05) is 28.1 Å². The lowest BCUT2D eigenvalue weighted by Gasteiger charge is -2.26. The van der Waals surface area contributed by atoms with Gasteiger partial charge in [-0.05, 0) is 32.9 Å². The third-order valence-corrected chi connectivity index (χ3v) is 4.65. The Morgan fingerprint density at radius 3 is 2.30 bits per heavy atom. The van der Waals surface area contributed by atoms with Gasteiger partial charge in [0.1, 0.15) is 10.4 Å². The molecule has 9 heteroatoms. The Morgan fingerprint density at radius 2 is 1.87 bits per heavy atom. The summed E-state index contributed by atoms with van der Waals surface area (Å²) in [6.45, 7) is 4.73. The average Bonchev–Trinajstić information content (AvgIpc) is 2.40. The number of benzene rings is 1. The Hall–Kier alpha value is -0.770. The lowest BCUT2D eigenvalue weighted by molar-refractivity contribution is -0.195. The summed E-state index contributed by atoms with van der Waals surface area (Å²) >= 11 is 1.25. The number of hydrogen-bond acceptors (Lipinski definition) is 3. The van der Waals surface area contributed by atoms with E-state index in [1.165, 1.54) is 18.2 Å². The molecule has 0 amide bonds. The summed E-state index contributed by atoms with van der Waals surface area (Å²) in [6, 6.07) is 5.77. The largest absolute Gasteiger partial charge is 0.593 e. The minimum atomic E-state index is -5.17. The van der Waals surface area contributed by atoms with Crippen molar-refractivity contribution in [2.45, 2.75) is 37.8 Å². The van der Waals surface area contributed by atoms with Crippen molar-refractivity contribution in [3.63, 3.8) is 0 Å². The molecule has 0 aliphatic carbocycles. The van der Waals surface area contributed by atoms with Gasteiger partial charge in [0.25, 0.3) is 0 Å². The molecule has 3 nitrogen and oxygen atoms in total. The molecule has 0 heterocycles. The van der Waals surface area contributed by atoms with Crippen LogP contribution in [-0.2, 0) is 11.4 Å².